The molecule has 0 aromatic carbocycles. The van der Waals surface area contributed by atoms with E-state index in [4.69, 9.17) is 5.11 Å². The summed E-state index contributed by atoms with van der Waals surface area (Å²) in [5, 5.41) is 1.21. The van der Waals surface area contributed by atoms with Crippen molar-refractivity contribution in [2.45, 2.75) is 23.3 Å². The highest BCUT2D eigenvalue weighted by Gasteiger charge is 2.85. The molecule has 0 aliphatic rings. The van der Waals surface area contributed by atoms with Crippen molar-refractivity contribution < 1.29 is 57.8 Å². The Hall–Kier alpha value is -1.25. The van der Waals surface area contributed by atoms with Gasteiger partial charge in [0.25, 0.3) is 10.0 Å². The number of carbonyl (C=O) groups is 1. The van der Waals surface area contributed by atoms with Crippen molar-refractivity contribution in [2.24, 2.45) is 0 Å². The number of alkyl halides is 9. The summed E-state index contributed by atoms with van der Waals surface area (Å²) in [7, 11) is -6.86. The summed E-state index contributed by atoms with van der Waals surface area (Å²) in [6.45, 7) is -1.87. The van der Waals surface area contributed by atoms with Gasteiger partial charge in [0.15, 0.2) is 0 Å². The smallest absolute Gasteiger partial charge is 0.460 e. The minimum absolute atomic E-state index is 0.0147. The second-order valence-electron chi connectivity index (χ2n) is 3.82. The Labute approximate surface area is 116 Å². The van der Waals surface area contributed by atoms with E-state index in [1.54, 1.807) is 0 Å². The molecule has 0 bridgehead atoms. The van der Waals surface area contributed by atoms with Crippen LogP contribution in [0.5, 0.6) is 0 Å². The van der Waals surface area contributed by atoms with Crippen molar-refractivity contribution in [2.75, 3.05) is 13.6 Å². The molecule has 0 unspecified atom stereocenters. The molecule has 0 saturated heterocycles. The zero-order valence-electron chi connectivity index (χ0n) is 10.1. The molecule has 1 N–H and O–H groups in total. The fourth-order valence-corrected chi connectivity index (χ4v) is 2.12. The number of carboxylic acids is 1. The predicted octanol–water partition coefficient (Wildman–Crippen LogP) is 1.76. The summed E-state index contributed by atoms with van der Waals surface area (Å²) in [5.41, 5.74) is 0. The molecule has 0 saturated carbocycles. The van der Waals surface area contributed by atoms with Crippen molar-refractivity contribution in [1.82, 2.24) is 4.31 Å². The van der Waals surface area contributed by atoms with E-state index in [1.807, 2.05) is 0 Å². The van der Waals surface area contributed by atoms with E-state index in [2.05, 4.69) is 0 Å². The van der Waals surface area contributed by atoms with Crippen LogP contribution < -0.4 is 0 Å². The number of carboxylic acid groups (broad SMARTS) is 1. The molecule has 5 nitrogen and oxygen atoms in total. The van der Waals surface area contributed by atoms with Gasteiger partial charge in [-0.3, -0.25) is 4.79 Å². The molecule has 132 valence electrons. The first-order chi connectivity index (χ1) is 9.34. The highest BCUT2D eigenvalue weighted by molar-refractivity contribution is 7.90. The van der Waals surface area contributed by atoms with Crippen LogP contribution in [0.2, 0.25) is 0 Å². The molecule has 0 fully saturated rings. The van der Waals surface area contributed by atoms with E-state index in [1.165, 1.54) is 0 Å². The van der Waals surface area contributed by atoms with E-state index >= 15 is 0 Å². The molecule has 0 amide bonds. The maximum atomic E-state index is 13.2. The molecular weight excluding hydrogens is 365 g/mol. The Morgan fingerprint density at radius 3 is 1.59 bits per heavy atom. The van der Waals surface area contributed by atoms with Crippen molar-refractivity contribution in [1.29, 1.82) is 0 Å². The summed E-state index contributed by atoms with van der Waals surface area (Å²) in [4.78, 5) is 10.1. The number of nitrogens with zero attached hydrogens (tertiary/aromatic N) is 1. The molecular formula is C7H6F9NO4S. The zero-order valence-corrected chi connectivity index (χ0v) is 11.0. The molecule has 0 aliphatic carbocycles. The Kier molecular flexibility index (Phi) is 5.12. The lowest BCUT2D eigenvalue weighted by atomic mass is 10.1. The summed E-state index contributed by atoms with van der Waals surface area (Å²) in [5.74, 6) is -16.9. The Bertz CT molecular complexity index is 541. The number of sulfonamides is 1. The molecule has 15 heteroatoms. The molecule has 0 aromatic heterocycles. The number of likely N-dealkylation sites (N-methyl/N-ethyl adjacent to an activating group) is 1. The van der Waals surface area contributed by atoms with Crippen LogP contribution in [0.4, 0.5) is 39.5 Å². The summed E-state index contributed by atoms with van der Waals surface area (Å²) in [6, 6.07) is 0. The van der Waals surface area contributed by atoms with E-state index in [-0.39, 0.29) is 7.05 Å². The van der Waals surface area contributed by atoms with E-state index in [0.29, 0.717) is 0 Å². The average molecular weight is 371 g/mol. The lowest BCUT2D eigenvalue weighted by Crippen LogP contribution is -2.65. The van der Waals surface area contributed by atoms with Crippen LogP contribution in [0.25, 0.3) is 0 Å². The third-order valence-electron chi connectivity index (χ3n) is 2.21. The lowest BCUT2D eigenvalue weighted by molar-refractivity contribution is -0.382. The first-order valence-electron chi connectivity index (χ1n) is 4.72. The maximum absolute atomic E-state index is 13.2. The standard InChI is InChI=1S/C7H6F9NO4S/c1-17(2-3(18)19)22(20,21)7(15,16)5(10,11)4(8,9)6(12,13)14/h2H2,1H3,(H,18,19). The minimum Gasteiger partial charge on any atom is -0.480 e. The highest BCUT2D eigenvalue weighted by atomic mass is 32.2. The number of aliphatic carboxylic acids is 1. The van der Waals surface area contributed by atoms with Crippen LogP contribution >= 0.6 is 0 Å². The first kappa shape index (κ1) is 20.8. The fourth-order valence-electron chi connectivity index (χ4n) is 0.994. The van der Waals surface area contributed by atoms with Gasteiger partial charge in [0.1, 0.15) is 6.54 Å². The van der Waals surface area contributed by atoms with Gasteiger partial charge < -0.3 is 5.11 Å². The SMILES string of the molecule is CN(CC(=O)O)S(=O)(=O)C(F)(F)C(F)(F)C(F)(F)C(F)(F)F. The molecule has 0 aliphatic heterocycles. The zero-order chi connectivity index (χ0) is 18.4. The number of hydrogen-bond acceptors (Lipinski definition) is 3. The molecule has 0 radical (unpaired) electrons. The van der Waals surface area contributed by atoms with Crippen molar-refractivity contribution in [3.63, 3.8) is 0 Å². The van der Waals surface area contributed by atoms with E-state index in [0.717, 1.165) is 0 Å². The van der Waals surface area contributed by atoms with Crippen molar-refractivity contribution in [3.8, 4) is 0 Å². The third kappa shape index (κ3) is 2.95. The van der Waals surface area contributed by atoms with E-state index < -0.39 is 50.1 Å². The van der Waals surface area contributed by atoms with Crippen LogP contribution in [0.3, 0.4) is 0 Å². The van der Waals surface area contributed by atoms with Crippen LogP contribution in [-0.2, 0) is 14.8 Å². The summed E-state index contributed by atoms with van der Waals surface area (Å²) < 4.78 is 134. The summed E-state index contributed by atoms with van der Waals surface area (Å²) in [6.07, 6.45) is -7.18. The predicted molar refractivity (Wildman–Crippen MR) is 50.1 cm³/mol. The minimum atomic E-state index is -7.39. The van der Waals surface area contributed by atoms with Gasteiger partial charge in [0.05, 0.1) is 0 Å². The van der Waals surface area contributed by atoms with Gasteiger partial charge in [-0.25, -0.2) is 8.42 Å². The molecule has 0 spiro atoms. The van der Waals surface area contributed by atoms with Gasteiger partial charge in [0, 0.05) is 7.05 Å². The largest absolute Gasteiger partial charge is 0.480 e. The van der Waals surface area contributed by atoms with Crippen LogP contribution in [0.15, 0.2) is 0 Å². The van der Waals surface area contributed by atoms with Gasteiger partial charge in [-0.15, -0.1) is 0 Å². The lowest BCUT2D eigenvalue weighted by Gasteiger charge is -2.34. The number of halogens is 9. The van der Waals surface area contributed by atoms with Crippen LogP contribution in [-0.4, -0.2) is 60.7 Å². The summed E-state index contributed by atoms with van der Waals surface area (Å²) >= 11 is 0. The molecule has 0 atom stereocenters. The first-order valence-corrected chi connectivity index (χ1v) is 6.16. The fraction of sp³-hybridized carbons (Fsp3) is 0.857. The van der Waals surface area contributed by atoms with Crippen LogP contribution in [0, 0.1) is 0 Å². The molecule has 0 rings (SSSR count). The van der Waals surface area contributed by atoms with Gasteiger partial charge in [-0.2, -0.15) is 43.8 Å². The van der Waals surface area contributed by atoms with Crippen LogP contribution in [0.1, 0.15) is 0 Å². The molecule has 22 heavy (non-hydrogen) atoms. The van der Waals surface area contributed by atoms with E-state index in [9.17, 15) is 52.7 Å². The van der Waals surface area contributed by atoms with Crippen molar-refractivity contribution >= 4 is 16.0 Å². The highest BCUT2D eigenvalue weighted by Crippen LogP contribution is 2.55. The Morgan fingerprint density at radius 2 is 1.32 bits per heavy atom. The molecule has 0 heterocycles. The van der Waals surface area contributed by atoms with Gasteiger partial charge in [-0.1, -0.05) is 0 Å². The Morgan fingerprint density at radius 1 is 0.955 bits per heavy atom. The average Bonchev–Trinajstić information content (AvgIpc) is 2.25. The second kappa shape index (κ2) is 5.43. The normalized spacial score (nSPS) is 15.2. The van der Waals surface area contributed by atoms with Gasteiger partial charge >= 0.3 is 29.2 Å². The maximum Gasteiger partial charge on any atom is 0.460 e. The third-order valence-corrected chi connectivity index (χ3v) is 4.06. The molecule has 0 aromatic rings. The Balaban J connectivity index is 6.06. The van der Waals surface area contributed by atoms with Gasteiger partial charge in [0.2, 0.25) is 0 Å². The second-order valence-corrected chi connectivity index (χ2v) is 5.90. The quantitative estimate of drug-likeness (QED) is 0.722. The van der Waals surface area contributed by atoms with Crippen molar-refractivity contribution in [3.05, 3.63) is 0 Å². The van der Waals surface area contributed by atoms with Gasteiger partial charge in [-0.05, 0) is 0 Å². The number of rotatable bonds is 6. The monoisotopic (exact) mass is 371 g/mol. The topological polar surface area (TPSA) is 74.7 Å². The number of hydrogen-bond donors (Lipinski definition) is 1.